The summed E-state index contributed by atoms with van der Waals surface area (Å²) in [5, 5.41) is 0. The first-order chi connectivity index (χ1) is 8.18. The van der Waals surface area contributed by atoms with E-state index in [4.69, 9.17) is 0 Å². The molecule has 2 atom stereocenters. The van der Waals surface area contributed by atoms with Crippen molar-refractivity contribution < 1.29 is 0 Å². The van der Waals surface area contributed by atoms with Crippen LogP contribution in [0, 0.1) is 17.3 Å². The second kappa shape index (κ2) is 3.83. The first-order valence-electron chi connectivity index (χ1n) is 6.47. The summed E-state index contributed by atoms with van der Waals surface area (Å²) in [6.07, 6.45) is 7.06. The van der Waals surface area contributed by atoms with E-state index < -0.39 is 0 Å². The van der Waals surface area contributed by atoms with E-state index in [2.05, 4.69) is 43.3 Å². The summed E-state index contributed by atoms with van der Waals surface area (Å²) in [4.78, 5) is 4.58. The molecule has 0 unspecified atom stereocenters. The molecule has 88 valence electrons. The van der Waals surface area contributed by atoms with Gasteiger partial charge in [-0.2, -0.15) is 0 Å². The molecule has 0 saturated heterocycles. The van der Waals surface area contributed by atoms with E-state index in [1.54, 1.807) is 0 Å². The summed E-state index contributed by atoms with van der Waals surface area (Å²) >= 11 is 0. The Kier molecular flexibility index (Phi) is 2.43. The molecule has 1 nitrogen and oxygen atoms in total. The van der Waals surface area contributed by atoms with Crippen molar-refractivity contribution in [2.75, 3.05) is 0 Å². The molecule has 0 amide bonds. The van der Waals surface area contributed by atoms with E-state index in [0.717, 1.165) is 17.5 Å². The summed E-state index contributed by atoms with van der Waals surface area (Å²) in [7, 11) is 0. The van der Waals surface area contributed by atoms with E-state index in [0.29, 0.717) is 5.41 Å². The molecule has 4 rings (SSSR count). The maximum absolute atomic E-state index is 4.58. The van der Waals surface area contributed by atoms with Crippen molar-refractivity contribution in [3.05, 3.63) is 42.0 Å². The van der Waals surface area contributed by atoms with Gasteiger partial charge in [0, 0.05) is 6.21 Å². The van der Waals surface area contributed by atoms with Gasteiger partial charge in [-0.1, -0.05) is 38.1 Å². The smallest absolute Gasteiger partial charge is 0.0629 e. The molecule has 1 aromatic rings. The highest BCUT2D eigenvalue weighted by Crippen LogP contribution is 2.58. The minimum atomic E-state index is 0.493. The standard InChI is InChI=1S/C16H19N/c1-16(2)13-9-8-12(15(16)10-13)11-17-14-6-4-3-5-7-14/h3-8,11,13,15H,9-10H2,1-2H3/t13-,15-/m1/s1. The summed E-state index contributed by atoms with van der Waals surface area (Å²) in [5.74, 6) is 1.63. The second-order valence-electron chi connectivity index (χ2n) is 5.84. The number of benzene rings is 1. The van der Waals surface area contributed by atoms with E-state index in [9.17, 15) is 0 Å². The van der Waals surface area contributed by atoms with Crippen molar-refractivity contribution in [2.45, 2.75) is 26.7 Å². The van der Waals surface area contributed by atoms with Gasteiger partial charge in [0.15, 0.2) is 0 Å². The number of nitrogens with zero attached hydrogens (tertiary/aromatic N) is 1. The molecule has 0 radical (unpaired) electrons. The maximum Gasteiger partial charge on any atom is 0.0629 e. The van der Waals surface area contributed by atoms with Crippen molar-refractivity contribution in [1.29, 1.82) is 0 Å². The summed E-state index contributed by atoms with van der Waals surface area (Å²) in [6, 6.07) is 10.2. The molecule has 0 spiro atoms. The number of aliphatic imine (C=N–C) groups is 1. The van der Waals surface area contributed by atoms with Crippen LogP contribution in [0.25, 0.3) is 0 Å². The number of hydrogen-bond acceptors (Lipinski definition) is 1. The van der Waals surface area contributed by atoms with Crippen LogP contribution in [0.4, 0.5) is 5.69 Å². The first kappa shape index (κ1) is 10.8. The lowest BCUT2D eigenvalue weighted by molar-refractivity contribution is -0.00123. The van der Waals surface area contributed by atoms with Crippen LogP contribution in [0.3, 0.4) is 0 Å². The lowest BCUT2D eigenvalue weighted by Gasteiger charge is -2.55. The normalized spacial score (nSPS) is 29.9. The molecule has 3 aliphatic carbocycles. The molecule has 0 N–H and O–H groups in total. The zero-order chi connectivity index (χ0) is 11.9. The summed E-state index contributed by atoms with van der Waals surface area (Å²) in [5.41, 5.74) is 2.99. The fraction of sp³-hybridized carbons (Fsp3) is 0.438. The zero-order valence-electron chi connectivity index (χ0n) is 10.6. The minimum Gasteiger partial charge on any atom is -0.257 e. The van der Waals surface area contributed by atoms with Crippen molar-refractivity contribution in [2.24, 2.45) is 22.2 Å². The number of para-hydroxylation sites is 1. The van der Waals surface area contributed by atoms with Crippen LogP contribution < -0.4 is 0 Å². The number of allylic oxidation sites excluding steroid dienone is 2. The quantitative estimate of drug-likeness (QED) is 0.662. The van der Waals surface area contributed by atoms with Crippen molar-refractivity contribution in [3.8, 4) is 0 Å². The van der Waals surface area contributed by atoms with Crippen LogP contribution in [0.2, 0.25) is 0 Å². The van der Waals surface area contributed by atoms with Gasteiger partial charge in [-0.15, -0.1) is 0 Å². The van der Waals surface area contributed by atoms with Gasteiger partial charge in [0.05, 0.1) is 5.69 Å². The summed E-state index contributed by atoms with van der Waals surface area (Å²) < 4.78 is 0. The van der Waals surface area contributed by atoms with Crippen LogP contribution in [0.15, 0.2) is 47.0 Å². The van der Waals surface area contributed by atoms with Gasteiger partial charge in [-0.3, -0.25) is 4.99 Å². The topological polar surface area (TPSA) is 12.4 Å². The Labute approximate surface area is 103 Å². The molecule has 2 bridgehead atoms. The average molecular weight is 225 g/mol. The third kappa shape index (κ3) is 1.74. The van der Waals surface area contributed by atoms with Gasteiger partial charge in [0.25, 0.3) is 0 Å². The molecule has 1 aromatic carbocycles. The van der Waals surface area contributed by atoms with E-state index in [1.165, 1.54) is 18.4 Å². The lowest BCUT2D eigenvalue weighted by Crippen LogP contribution is -2.48. The monoisotopic (exact) mass is 225 g/mol. The van der Waals surface area contributed by atoms with Gasteiger partial charge in [-0.25, -0.2) is 0 Å². The Balaban J connectivity index is 1.79. The van der Waals surface area contributed by atoms with Gasteiger partial charge in [-0.05, 0) is 47.8 Å². The SMILES string of the molecule is CC1(C)[C@@H]2CC=C(C=Nc3ccccc3)[C@H]1C2. The molecular weight excluding hydrogens is 206 g/mol. The van der Waals surface area contributed by atoms with E-state index in [-0.39, 0.29) is 0 Å². The van der Waals surface area contributed by atoms with Crippen LogP contribution in [-0.4, -0.2) is 6.21 Å². The second-order valence-corrected chi connectivity index (χ2v) is 5.84. The third-order valence-corrected chi connectivity index (χ3v) is 4.63. The first-order valence-corrected chi connectivity index (χ1v) is 6.47. The Morgan fingerprint density at radius 2 is 2.00 bits per heavy atom. The number of rotatable bonds is 2. The molecule has 3 aliphatic rings. The van der Waals surface area contributed by atoms with Crippen molar-refractivity contribution in [1.82, 2.24) is 0 Å². The summed E-state index contributed by atoms with van der Waals surface area (Å²) in [6.45, 7) is 4.80. The number of hydrogen-bond donors (Lipinski definition) is 0. The molecule has 17 heavy (non-hydrogen) atoms. The van der Waals surface area contributed by atoms with Crippen LogP contribution in [0.5, 0.6) is 0 Å². The van der Waals surface area contributed by atoms with Gasteiger partial charge in [0.1, 0.15) is 0 Å². The highest BCUT2D eigenvalue weighted by Gasteiger charge is 2.50. The Hall–Kier alpha value is -1.37. The Morgan fingerprint density at radius 1 is 1.24 bits per heavy atom. The molecule has 1 saturated carbocycles. The zero-order valence-corrected chi connectivity index (χ0v) is 10.6. The predicted octanol–water partition coefficient (Wildman–Crippen LogP) is 4.38. The maximum atomic E-state index is 4.58. The van der Waals surface area contributed by atoms with E-state index >= 15 is 0 Å². The molecule has 0 heterocycles. The van der Waals surface area contributed by atoms with Gasteiger partial charge in [0.2, 0.25) is 0 Å². The van der Waals surface area contributed by atoms with Crippen LogP contribution >= 0.6 is 0 Å². The van der Waals surface area contributed by atoms with E-state index in [1.807, 2.05) is 18.2 Å². The number of fused-ring (bicyclic) bond motifs is 1. The Bertz CT molecular complexity index is 468. The van der Waals surface area contributed by atoms with Crippen molar-refractivity contribution >= 4 is 11.9 Å². The lowest BCUT2D eigenvalue weighted by atomic mass is 9.49. The Morgan fingerprint density at radius 3 is 2.65 bits per heavy atom. The predicted molar refractivity (Wildman–Crippen MR) is 72.7 cm³/mol. The molecule has 1 fully saturated rings. The fourth-order valence-electron chi connectivity index (χ4n) is 3.21. The van der Waals surface area contributed by atoms with Crippen LogP contribution in [0.1, 0.15) is 26.7 Å². The molecule has 0 aromatic heterocycles. The average Bonchev–Trinajstić information content (AvgIpc) is 2.37. The van der Waals surface area contributed by atoms with Crippen LogP contribution in [-0.2, 0) is 0 Å². The minimum absolute atomic E-state index is 0.493. The molecular formula is C16H19N. The highest BCUT2D eigenvalue weighted by atomic mass is 14.7. The van der Waals surface area contributed by atoms with Crippen molar-refractivity contribution in [3.63, 3.8) is 0 Å². The third-order valence-electron chi connectivity index (χ3n) is 4.63. The van der Waals surface area contributed by atoms with Gasteiger partial charge >= 0.3 is 0 Å². The highest BCUT2D eigenvalue weighted by molar-refractivity contribution is 5.82. The largest absolute Gasteiger partial charge is 0.257 e. The molecule has 1 heteroatoms. The van der Waals surface area contributed by atoms with Gasteiger partial charge < -0.3 is 0 Å². The molecule has 0 aliphatic heterocycles. The fourth-order valence-corrected chi connectivity index (χ4v) is 3.21.